The number of carboxylic acids is 1. The van der Waals surface area contributed by atoms with E-state index in [-0.39, 0.29) is 11.4 Å². The van der Waals surface area contributed by atoms with Gasteiger partial charge in [-0.05, 0) is 55.5 Å². The van der Waals surface area contributed by atoms with Gasteiger partial charge in [-0.2, -0.15) is 0 Å². The molecule has 3 aromatic rings. The van der Waals surface area contributed by atoms with Crippen molar-refractivity contribution in [2.24, 2.45) is 5.92 Å². The zero-order chi connectivity index (χ0) is 20.9. The number of carbonyl (C=O) groups excluding carboxylic acids is 1. The molecule has 1 heterocycles. The lowest BCUT2D eigenvalue weighted by atomic mass is 9.72. The van der Waals surface area contributed by atoms with Crippen LogP contribution in [0, 0.1) is 18.7 Å². The number of nitrogens with zero attached hydrogens (tertiary/aromatic N) is 1. The molecule has 7 heteroatoms. The summed E-state index contributed by atoms with van der Waals surface area (Å²) in [6.45, 7) is 1.65. The third-order valence-corrected chi connectivity index (χ3v) is 6.03. The standard InChI is InChI=1S/C22H19ClFNO4/c1-11-19(20(22(28)29)12-4-2-5-12)15-9-18(26)16(24)10-17(15)25(11)21(27)13-6-3-7-14(23)8-13/h3,6-10,12,20,26H,2,4-5H2,1H3,(H,28,29). The summed E-state index contributed by atoms with van der Waals surface area (Å²) in [7, 11) is 0. The van der Waals surface area contributed by atoms with E-state index in [1.165, 1.54) is 16.7 Å². The second-order valence-electron chi connectivity index (χ2n) is 7.48. The molecular formula is C22H19ClFNO4. The molecule has 150 valence electrons. The number of benzene rings is 2. The first kappa shape index (κ1) is 19.5. The number of halogens is 2. The number of hydrogen-bond acceptors (Lipinski definition) is 3. The molecule has 1 unspecified atom stereocenters. The van der Waals surface area contributed by atoms with Gasteiger partial charge in [-0.1, -0.05) is 24.1 Å². The summed E-state index contributed by atoms with van der Waals surface area (Å²) >= 11 is 6.01. The molecule has 2 aromatic carbocycles. The van der Waals surface area contributed by atoms with Crippen LogP contribution in [-0.2, 0) is 4.79 Å². The third kappa shape index (κ3) is 3.17. The molecule has 5 nitrogen and oxygen atoms in total. The van der Waals surface area contributed by atoms with E-state index >= 15 is 0 Å². The first-order chi connectivity index (χ1) is 13.8. The summed E-state index contributed by atoms with van der Waals surface area (Å²) in [5, 5.41) is 20.6. The van der Waals surface area contributed by atoms with Gasteiger partial charge < -0.3 is 10.2 Å². The average Bonchev–Trinajstić information content (AvgIpc) is 2.88. The van der Waals surface area contributed by atoms with E-state index in [0.717, 1.165) is 25.3 Å². The van der Waals surface area contributed by atoms with E-state index in [0.29, 0.717) is 27.2 Å². The predicted molar refractivity (Wildman–Crippen MR) is 107 cm³/mol. The highest BCUT2D eigenvalue weighted by atomic mass is 35.5. The summed E-state index contributed by atoms with van der Waals surface area (Å²) in [5.41, 5.74) is 1.40. The molecule has 0 bridgehead atoms. The number of fused-ring (bicyclic) bond motifs is 1. The Hall–Kier alpha value is -2.86. The van der Waals surface area contributed by atoms with Crippen molar-refractivity contribution in [2.45, 2.75) is 32.1 Å². The minimum atomic E-state index is -0.990. The van der Waals surface area contributed by atoms with Gasteiger partial charge in [-0.15, -0.1) is 0 Å². The van der Waals surface area contributed by atoms with Crippen LogP contribution in [0.2, 0.25) is 5.02 Å². The Labute approximate surface area is 171 Å². The highest BCUT2D eigenvalue weighted by Gasteiger charge is 2.38. The monoisotopic (exact) mass is 415 g/mol. The van der Waals surface area contributed by atoms with Crippen molar-refractivity contribution >= 4 is 34.4 Å². The summed E-state index contributed by atoms with van der Waals surface area (Å²) in [6.07, 6.45) is 2.50. The second-order valence-corrected chi connectivity index (χ2v) is 7.91. The Morgan fingerprint density at radius 2 is 1.97 bits per heavy atom. The molecule has 1 atom stereocenters. The van der Waals surface area contributed by atoms with E-state index in [1.807, 2.05) is 0 Å². The largest absolute Gasteiger partial charge is 0.505 e. The number of aliphatic carboxylic acids is 1. The fourth-order valence-corrected chi connectivity index (χ4v) is 4.38. The maximum absolute atomic E-state index is 14.2. The van der Waals surface area contributed by atoms with E-state index in [9.17, 15) is 24.2 Å². The van der Waals surface area contributed by atoms with E-state index < -0.39 is 29.4 Å². The lowest BCUT2D eigenvalue weighted by Crippen LogP contribution is -2.27. The number of aromatic nitrogens is 1. The van der Waals surface area contributed by atoms with Crippen molar-refractivity contribution in [1.82, 2.24) is 4.57 Å². The zero-order valence-corrected chi connectivity index (χ0v) is 16.4. The summed E-state index contributed by atoms with van der Waals surface area (Å²) in [6, 6.07) is 8.66. The summed E-state index contributed by atoms with van der Waals surface area (Å²) in [4.78, 5) is 25.4. The minimum Gasteiger partial charge on any atom is -0.505 e. The molecule has 0 amide bonds. The molecule has 0 radical (unpaired) electrons. The van der Waals surface area contributed by atoms with Crippen LogP contribution in [0.3, 0.4) is 0 Å². The zero-order valence-electron chi connectivity index (χ0n) is 15.7. The molecular weight excluding hydrogens is 397 g/mol. The summed E-state index contributed by atoms with van der Waals surface area (Å²) in [5.74, 6) is -3.77. The molecule has 0 saturated heterocycles. The number of aromatic hydroxyl groups is 1. The normalized spacial score (nSPS) is 15.3. The van der Waals surface area contributed by atoms with Gasteiger partial charge in [0.1, 0.15) is 0 Å². The van der Waals surface area contributed by atoms with E-state index in [2.05, 4.69) is 0 Å². The van der Waals surface area contributed by atoms with Gasteiger partial charge in [0.25, 0.3) is 5.91 Å². The van der Waals surface area contributed by atoms with Crippen molar-refractivity contribution in [2.75, 3.05) is 0 Å². The molecule has 1 fully saturated rings. The minimum absolute atomic E-state index is 0.0567. The topological polar surface area (TPSA) is 79.5 Å². The highest BCUT2D eigenvalue weighted by Crippen LogP contribution is 2.45. The van der Waals surface area contributed by atoms with Crippen LogP contribution in [0.15, 0.2) is 36.4 Å². The van der Waals surface area contributed by atoms with E-state index in [1.54, 1.807) is 25.1 Å². The number of hydrogen-bond donors (Lipinski definition) is 2. The third-order valence-electron chi connectivity index (χ3n) is 5.79. The van der Waals surface area contributed by atoms with Gasteiger partial charge in [0, 0.05) is 27.7 Å². The molecule has 29 heavy (non-hydrogen) atoms. The summed E-state index contributed by atoms with van der Waals surface area (Å²) < 4.78 is 15.5. The first-order valence-corrected chi connectivity index (χ1v) is 9.74. The maximum atomic E-state index is 14.2. The fourth-order valence-electron chi connectivity index (χ4n) is 4.19. The number of rotatable bonds is 4. The number of carboxylic acid groups (broad SMARTS) is 1. The molecule has 1 aliphatic carbocycles. The van der Waals surface area contributed by atoms with Crippen LogP contribution in [0.1, 0.15) is 46.8 Å². The molecule has 1 aromatic heterocycles. The lowest BCUT2D eigenvalue weighted by Gasteiger charge is -2.31. The van der Waals surface area contributed by atoms with Crippen molar-refractivity contribution in [3.8, 4) is 5.75 Å². The number of phenolic OH excluding ortho intramolecular Hbond substituents is 1. The molecule has 2 N–H and O–H groups in total. The maximum Gasteiger partial charge on any atom is 0.311 e. The van der Waals surface area contributed by atoms with Gasteiger partial charge >= 0.3 is 5.97 Å². The Kier molecular flexibility index (Phi) is 4.82. The van der Waals surface area contributed by atoms with E-state index in [4.69, 9.17) is 11.6 Å². The van der Waals surface area contributed by atoms with Gasteiger partial charge in [0.05, 0.1) is 11.4 Å². The Bertz CT molecular complexity index is 1150. The van der Waals surface area contributed by atoms with Crippen LogP contribution in [0.25, 0.3) is 10.9 Å². The van der Waals surface area contributed by atoms with Crippen molar-refractivity contribution in [3.05, 3.63) is 64.1 Å². The van der Waals surface area contributed by atoms with Gasteiger partial charge in [0.15, 0.2) is 11.6 Å². The van der Waals surface area contributed by atoms with Crippen molar-refractivity contribution in [1.29, 1.82) is 0 Å². The van der Waals surface area contributed by atoms with Gasteiger partial charge in [0.2, 0.25) is 0 Å². The van der Waals surface area contributed by atoms with Crippen LogP contribution in [0.5, 0.6) is 5.75 Å². The second kappa shape index (κ2) is 7.19. The predicted octanol–water partition coefficient (Wildman–Crippen LogP) is 5.10. The molecule has 1 saturated carbocycles. The van der Waals surface area contributed by atoms with Crippen LogP contribution < -0.4 is 0 Å². The van der Waals surface area contributed by atoms with Gasteiger partial charge in [-0.3, -0.25) is 14.2 Å². The Morgan fingerprint density at radius 1 is 1.24 bits per heavy atom. The molecule has 4 rings (SSSR count). The number of phenols is 1. The molecule has 0 spiro atoms. The number of carbonyl (C=O) groups is 2. The van der Waals surface area contributed by atoms with Crippen molar-refractivity contribution < 1.29 is 24.2 Å². The highest BCUT2D eigenvalue weighted by molar-refractivity contribution is 6.31. The first-order valence-electron chi connectivity index (χ1n) is 9.36. The van der Waals surface area contributed by atoms with Crippen LogP contribution >= 0.6 is 11.6 Å². The smallest absolute Gasteiger partial charge is 0.311 e. The average molecular weight is 416 g/mol. The quantitative estimate of drug-likeness (QED) is 0.621. The van der Waals surface area contributed by atoms with Crippen molar-refractivity contribution in [3.63, 3.8) is 0 Å². The van der Waals surface area contributed by atoms with Crippen LogP contribution in [0.4, 0.5) is 4.39 Å². The van der Waals surface area contributed by atoms with Crippen LogP contribution in [-0.4, -0.2) is 26.7 Å². The lowest BCUT2D eigenvalue weighted by molar-refractivity contribution is -0.141. The molecule has 0 aliphatic heterocycles. The molecule has 1 aliphatic rings. The SMILES string of the molecule is Cc1c(C(C(=O)O)C2CCC2)c2cc(O)c(F)cc2n1C(=O)c1cccc(Cl)c1. The fraction of sp³-hybridized carbons (Fsp3) is 0.273. The Balaban J connectivity index is 2.00. The Morgan fingerprint density at radius 3 is 2.55 bits per heavy atom. The van der Waals surface area contributed by atoms with Gasteiger partial charge in [-0.25, -0.2) is 4.39 Å².